The van der Waals surface area contributed by atoms with Crippen LogP contribution in [0.4, 0.5) is 0 Å². The molecule has 0 aliphatic carbocycles. The quantitative estimate of drug-likeness (QED) is 0.261. The average molecular weight is 319 g/mol. The van der Waals surface area contributed by atoms with Crippen molar-refractivity contribution in [2.75, 3.05) is 13.2 Å². The molecule has 1 aliphatic rings. The first-order valence-corrected chi connectivity index (χ1v) is 8.06. The van der Waals surface area contributed by atoms with Gasteiger partial charge in [0.15, 0.2) is 5.78 Å². The Morgan fingerprint density at radius 3 is 2.41 bits per heavy atom. The van der Waals surface area contributed by atoms with Crippen LogP contribution in [-0.2, 0) is 4.79 Å². The Bertz CT molecular complexity index is 321. The highest BCUT2D eigenvalue weighted by molar-refractivity contribution is 5.83. The molecule has 5 atom stereocenters. The molecule has 0 aromatic rings. The standard InChI is InChI=1S/C15H29NO6/c17-9-12(19)14(21)15(22)13(20)11(18)7-3-1-2-5-10-6-4-8-16-10/h10,12-17,19-22H,1-9H2. The topological polar surface area (TPSA) is 130 Å². The first-order chi connectivity index (χ1) is 10.5. The second-order valence-corrected chi connectivity index (χ2v) is 6.03. The maximum Gasteiger partial charge on any atom is 0.164 e. The number of rotatable bonds is 11. The lowest BCUT2D eigenvalue weighted by Crippen LogP contribution is -2.48. The molecule has 0 aromatic heterocycles. The normalized spacial score (nSPS) is 24.0. The van der Waals surface area contributed by atoms with E-state index in [0.717, 1.165) is 25.8 Å². The van der Waals surface area contributed by atoms with E-state index in [1.807, 2.05) is 0 Å². The van der Waals surface area contributed by atoms with Crippen LogP contribution in [0.25, 0.3) is 0 Å². The van der Waals surface area contributed by atoms with Crippen molar-refractivity contribution in [2.45, 2.75) is 75.4 Å². The van der Waals surface area contributed by atoms with Crippen LogP contribution in [0, 0.1) is 0 Å². The molecule has 7 nitrogen and oxygen atoms in total. The number of aliphatic hydroxyl groups is 5. The van der Waals surface area contributed by atoms with Crippen LogP contribution >= 0.6 is 0 Å². The van der Waals surface area contributed by atoms with Gasteiger partial charge in [-0.25, -0.2) is 0 Å². The van der Waals surface area contributed by atoms with Gasteiger partial charge in [-0.05, 0) is 32.2 Å². The minimum Gasteiger partial charge on any atom is -0.394 e. The molecular formula is C15H29NO6. The number of ketones is 1. The molecule has 0 spiro atoms. The lowest BCUT2D eigenvalue weighted by atomic mass is 9.97. The van der Waals surface area contributed by atoms with Crippen molar-refractivity contribution in [3.63, 3.8) is 0 Å². The van der Waals surface area contributed by atoms with Crippen molar-refractivity contribution in [1.82, 2.24) is 5.32 Å². The molecule has 0 bridgehead atoms. The summed E-state index contributed by atoms with van der Waals surface area (Å²) < 4.78 is 0. The minimum absolute atomic E-state index is 0.123. The number of hydrogen-bond donors (Lipinski definition) is 6. The second-order valence-electron chi connectivity index (χ2n) is 6.03. The number of nitrogens with one attached hydrogen (secondary N) is 1. The Labute approximate surface area is 131 Å². The van der Waals surface area contributed by atoms with Gasteiger partial charge in [-0.2, -0.15) is 0 Å². The Balaban J connectivity index is 2.17. The predicted molar refractivity (Wildman–Crippen MR) is 80.2 cm³/mol. The molecule has 0 radical (unpaired) electrons. The minimum atomic E-state index is -1.79. The van der Waals surface area contributed by atoms with Gasteiger partial charge in [0, 0.05) is 12.5 Å². The molecule has 0 aromatic carbocycles. The highest BCUT2D eigenvalue weighted by atomic mass is 16.4. The fourth-order valence-electron chi connectivity index (χ4n) is 2.73. The van der Waals surface area contributed by atoms with Crippen LogP contribution in [0.1, 0.15) is 44.9 Å². The monoisotopic (exact) mass is 319 g/mol. The van der Waals surface area contributed by atoms with Crippen molar-refractivity contribution in [1.29, 1.82) is 0 Å². The molecule has 7 heteroatoms. The number of hydrogen-bond acceptors (Lipinski definition) is 7. The second kappa shape index (κ2) is 10.3. The Kier molecular flexibility index (Phi) is 9.08. The predicted octanol–water partition coefficient (Wildman–Crippen LogP) is -1.31. The summed E-state index contributed by atoms with van der Waals surface area (Å²) in [6.07, 6.45) is -0.750. The highest BCUT2D eigenvalue weighted by Crippen LogP contribution is 2.14. The molecule has 22 heavy (non-hydrogen) atoms. The summed E-state index contributed by atoms with van der Waals surface area (Å²) in [5, 5.41) is 50.0. The summed E-state index contributed by atoms with van der Waals surface area (Å²) in [5.41, 5.74) is 0. The van der Waals surface area contributed by atoms with E-state index in [-0.39, 0.29) is 6.42 Å². The summed E-state index contributed by atoms with van der Waals surface area (Å²) in [7, 11) is 0. The van der Waals surface area contributed by atoms with Gasteiger partial charge in [0.2, 0.25) is 0 Å². The number of carbonyl (C=O) groups is 1. The lowest BCUT2D eigenvalue weighted by molar-refractivity contribution is -0.147. The van der Waals surface area contributed by atoms with Crippen LogP contribution in [0.5, 0.6) is 0 Å². The number of carbonyl (C=O) groups excluding carboxylic acids is 1. The fraction of sp³-hybridized carbons (Fsp3) is 0.933. The Morgan fingerprint density at radius 1 is 1.09 bits per heavy atom. The van der Waals surface area contributed by atoms with Gasteiger partial charge in [0.05, 0.1) is 6.61 Å². The third kappa shape index (κ3) is 6.28. The molecule has 1 heterocycles. The van der Waals surface area contributed by atoms with Gasteiger partial charge < -0.3 is 30.8 Å². The summed E-state index contributed by atoms with van der Waals surface area (Å²) in [6, 6.07) is 0.582. The highest BCUT2D eigenvalue weighted by Gasteiger charge is 2.33. The van der Waals surface area contributed by atoms with Gasteiger partial charge in [0.1, 0.15) is 24.4 Å². The number of unbranched alkanes of at least 4 members (excludes halogenated alkanes) is 2. The van der Waals surface area contributed by atoms with E-state index in [9.17, 15) is 25.2 Å². The van der Waals surface area contributed by atoms with Gasteiger partial charge in [-0.1, -0.05) is 12.8 Å². The molecule has 6 N–H and O–H groups in total. The van der Waals surface area contributed by atoms with Crippen LogP contribution in [0.15, 0.2) is 0 Å². The third-order valence-electron chi connectivity index (χ3n) is 4.22. The van der Waals surface area contributed by atoms with Gasteiger partial charge in [0.25, 0.3) is 0 Å². The van der Waals surface area contributed by atoms with E-state index in [0.29, 0.717) is 12.5 Å². The summed E-state index contributed by atoms with van der Waals surface area (Å²) in [4.78, 5) is 11.7. The molecule has 130 valence electrons. The van der Waals surface area contributed by atoms with Crippen LogP contribution < -0.4 is 5.32 Å². The maximum atomic E-state index is 11.7. The molecule has 0 amide bonds. The van der Waals surface area contributed by atoms with Crippen LogP contribution in [0.3, 0.4) is 0 Å². The zero-order chi connectivity index (χ0) is 16.5. The van der Waals surface area contributed by atoms with E-state index < -0.39 is 36.8 Å². The SMILES string of the molecule is O=C(CCCCCC1CCCN1)C(O)C(O)C(O)C(O)CO. The molecule has 1 fully saturated rings. The molecular weight excluding hydrogens is 290 g/mol. The van der Waals surface area contributed by atoms with Gasteiger partial charge in [-0.3, -0.25) is 4.79 Å². The van der Waals surface area contributed by atoms with Crippen molar-refractivity contribution in [2.24, 2.45) is 0 Å². The van der Waals surface area contributed by atoms with Crippen molar-refractivity contribution in [3.8, 4) is 0 Å². The van der Waals surface area contributed by atoms with E-state index >= 15 is 0 Å². The molecule has 5 unspecified atom stereocenters. The van der Waals surface area contributed by atoms with E-state index in [1.54, 1.807) is 0 Å². The van der Waals surface area contributed by atoms with Gasteiger partial charge >= 0.3 is 0 Å². The largest absolute Gasteiger partial charge is 0.394 e. The molecule has 1 aliphatic heterocycles. The summed E-state index contributed by atoms with van der Waals surface area (Å²) >= 11 is 0. The van der Waals surface area contributed by atoms with E-state index in [2.05, 4.69) is 5.32 Å². The fourth-order valence-corrected chi connectivity index (χ4v) is 2.73. The zero-order valence-electron chi connectivity index (χ0n) is 12.9. The summed E-state index contributed by atoms with van der Waals surface area (Å²) in [6.45, 7) is 0.323. The van der Waals surface area contributed by atoms with Crippen LogP contribution in [-0.4, -0.2) is 74.9 Å². The zero-order valence-corrected chi connectivity index (χ0v) is 12.9. The smallest absolute Gasteiger partial charge is 0.164 e. The number of aliphatic hydroxyl groups excluding tert-OH is 5. The summed E-state index contributed by atoms with van der Waals surface area (Å²) in [5.74, 6) is -0.560. The maximum absolute atomic E-state index is 11.7. The van der Waals surface area contributed by atoms with Crippen molar-refractivity contribution >= 4 is 5.78 Å². The first kappa shape index (κ1) is 19.5. The van der Waals surface area contributed by atoms with Crippen molar-refractivity contribution < 1.29 is 30.3 Å². The third-order valence-corrected chi connectivity index (χ3v) is 4.22. The Morgan fingerprint density at radius 2 is 1.82 bits per heavy atom. The van der Waals surface area contributed by atoms with Crippen molar-refractivity contribution in [3.05, 3.63) is 0 Å². The number of Topliss-reactive ketones (excluding diaryl/α,β-unsaturated/α-hetero) is 1. The van der Waals surface area contributed by atoms with E-state index in [4.69, 9.17) is 5.11 Å². The Hall–Kier alpha value is -0.570. The first-order valence-electron chi connectivity index (χ1n) is 8.06. The molecule has 1 rings (SSSR count). The van der Waals surface area contributed by atoms with E-state index in [1.165, 1.54) is 12.8 Å². The molecule has 1 saturated heterocycles. The lowest BCUT2D eigenvalue weighted by Gasteiger charge is -2.24. The molecule has 0 saturated carbocycles. The average Bonchev–Trinajstić information content (AvgIpc) is 3.04. The van der Waals surface area contributed by atoms with Gasteiger partial charge in [-0.15, -0.1) is 0 Å². The van der Waals surface area contributed by atoms with Crippen LogP contribution in [0.2, 0.25) is 0 Å².